The number of carbonyl (C=O) groups is 1. The molecule has 0 atom stereocenters. The molecule has 0 spiro atoms. The number of primary sulfonamides is 1. The van der Waals surface area contributed by atoms with Crippen LogP contribution in [0, 0.1) is 10.1 Å². The van der Waals surface area contributed by atoms with Gasteiger partial charge in [0, 0.05) is 12.1 Å². The van der Waals surface area contributed by atoms with Crippen LogP contribution in [0.1, 0.15) is 0 Å². The van der Waals surface area contributed by atoms with Crippen LogP contribution < -0.4 is 9.88 Å². The molecule has 92 valence electrons. The van der Waals surface area contributed by atoms with E-state index in [4.69, 9.17) is 10.2 Å². The molecule has 0 radical (unpaired) electrons. The first-order chi connectivity index (χ1) is 7.71. The molecule has 0 aromatic heterocycles. The average molecular weight is 262 g/mol. The van der Waals surface area contributed by atoms with E-state index in [0.717, 1.165) is 12.1 Å². The van der Waals surface area contributed by atoms with Crippen molar-refractivity contribution in [1.82, 2.24) is 0 Å². The normalized spacial score (nSPS) is 10.9. The minimum atomic E-state index is -4.33. The predicted molar refractivity (Wildman–Crippen MR) is 53.1 cm³/mol. The van der Waals surface area contributed by atoms with E-state index in [1.165, 1.54) is 0 Å². The maximum absolute atomic E-state index is 11.1. The highest BCUT2D eigenvalue weighted by Gasteiger charge is 2.21. The molecule has 0 bridgehead atoms. The van der Waals surface area contributed by atoms with Gasteiger partial charge in [0.05, 0.1) is 4.92 Å². The second-order valence-electron chi connectivity index (χ2n) is 2.80. The van der Waals surface area contributed by atoms with Crippen LogP contribution in [0.4, 0.5) is 10.5 Å². The van der Waals surface area contributed by atoms with E-state index in [2.05, 4.69) is 4.74 Å². The van der Waals surface area contributed by atoms with Crippen LogP contribution in [-0.2, 0) is 10.0 Å². The van der Waals surface area contributed by atoms with Crippen molar-refractivity contribution in [2.24, 2.45) is 5.14 Å². The van der Waals surface area contributed by atoms with Crippen molar-refractivity contribution in [3.63, 3.8) is 0 Å². The second-order valence-corrected chi connectivity index (χ2v) is 4.33. The summed E-state index contributed by atoms with van der Waals surface area (Å²) in [6.07, 6.45) is -1.76. The summed E-state index contributed by atoms with van der Waals surface area (Å²) in [5.74, 6) is -0.592. The highest BCUT2D eigenvalue weighted by molar-refractivity contribution is 7.89. The first-order valence-corrected chi connectivity index (χ1v) is 5.48. The van der Waals surface area contributed by atoms with Crippen LogP contribution in [0.3, 0.4) is 0 Å². The summed E-state index contributed by atoms with van der Waals surface area (Å²) in [4.78, 5) is 19.1. The zero-order chi connectivity index (χ0) is 13.2. The topological polar surface area (TPSA) is 150 Å². The van der Waals surface area contributed by atoms with Gasteiger partial charge in [0.25, 0.3) is 5.69 Å². The van der Waals surface area contributed by atoms with Gasteiger partial charge in [-0.05, 0) is 6.07 Å². The zero-order valence-electron chi connectivity index (χ0n) is 8.06. The number of ether oxygens (including phenoxy) is 1. The highest BCUT2D eigenvalue weighted by Crippen LogP contribution is 2.27. The summed E-state index contributed by atoms with van der Waals surface area (Å²) < 4.78 is 26.3. The fraction of sp³-hybridized carbons (Fsp3) is 0. The van der Waals surface area contributed by atoms with Crippen LogP contribution in [0.5, 0.6) is 5.75 Å². The minimum Gasteiger partial charge on any atom is -0.449 e. The van der Waals surface area contributed by atoms with E-state index >= 15 is 0 Å². The Labute approximate surface area is 94.6 Å². The van der Waals surface area contributed by atoms with E-state index in [0.29, 0.717) is 6.07 Å². The Morgan fingerprint density at radius 2 is 2.06 bits per heavy atom. The van der Waals surface area contributed by atoms with E-state index in [1.54, 1.807) is 0 Å². The summed E-state index contributed by atoms with van der Waals surface area (Å²) in [5, 5.41) is 23.5. The first kappa shape index (κ1) is 12.9. The Morgan fingerprint density at radius 1 is 1.47 bits per heavy atom. The van der Waals surface area contributed by atoms with Gasteiger partial charge in [0.2, 0.25) is 10.0 Å². The van der Waals surface area contributed by atoms with Crippen molar-refractivity contribution in [2.45, 2.75) is 4.90 Å². The fourth-order valence-electron chi connectivity index (χ4n) is 1.01. The number of non-ortho nitro benzene ring substituents is 1. The number of nitrogens with two attached hydrogens (primary N) is 1. The molecule has 0 amide bonds. The Balaban J connectivity index is 3.42. The number of rotatable bonds is 3. The number of sulfonamides is 1. The van der Waals surface area contributed by atoms with Crippen molar-refractivity contribution in [3.8, 4) is 5.75 Å². The van der Waals surface area contributed by atoms with Crippen LogP contribution in [0.15, 0.2) is 23.1 Å². The first-order valence-electron chi connectivity index (χ1n) is 3.94. The third-order valence-electron chi connectivity index (χ3n) is 1.64. The van der Waals surface area contributed by atoms with E-state index in [-0.39, 0.29) is 0 Å². The number of benzene rings is 1. The molecule has 10 heteroatoms. The standard InChI is InChI=1S/C7H6N2O7S/c8-17(14,15)6-3-4(9(12)13)1-2-5(6)16-7(10)11/h1-3H,(H,10,11)(H2,8,14,15). The molecule has 0 fully saturated rings. The molecular formula is C7H6N2O7S. The SMILES string of the molecule is NS(=O)(=O)c1cc([N+](=O)[O-])ccc1OC(=O)O. The smallest absolute Gasteiger partial charge is 0.449 e. The van der Waals surface area contributed by atoms with Gasteiger partial charge in [0.1, 0.15) is 4.90 Å². The van der Waals surface area contributed by atoms with Gasteiger partial charge < -0.3 is 9.84 Å². The Hall–Kier alpha value is -2.20. The van der Waals surface area contributed by atoms with Gasteiger partial charge in [-0.25, -0.2) is 18.4 Å². The lowest BCUT2D eigenvalue weighted by Crippen LogP contribution is -2.15. The van der Waals surface area contributed by atoms with Gasteiger partial charge >= 0.3 is 6.16 Å². The number of nitro groups is 1. The third kappa shape index (κ3) is 3.12. The molecule has 0 saturated carbocycles. The van der Waals surface area contributed by atoms with Crippen LogP contribution in [0.2, 0.25) is 0 Å². The number of carboxylic acid groups (broad SMARTS) is 1. The second kappa shape index (κ2) is 4.35. The largest absolute Gasteiger partial charge is 0.511 e. The fourth-order valence-corrected chi connectivity index (χ4v) is 1.69. The maximum Gasteiger partial charge on any atom is 0.511 e. The van der Waals surface area contributed by atoms with Crippen LogP contribution >= 0.6 is 0 Å². The van der Waals surface area contributed by atoms with Gasteiger partial charge in [-0.2, -0.15) is 0 Å². The Morgan fingerprint density at radius 3 is 2.47 bits per heavy atom. The lowest BCUT2D eigenvalue weighted by molar-refractivity contribution is -0.385. The highest BCUT2D eigenvalue weighted by atomic mass is 32.2. The molecule has 1 rings (SSSR count). The summed E-state index contributed by atoms with van der Waals surface area (Å²) in [7, 11) is -4.33. The van der Waals surface area contributed by atoms with Gasteiger partial charge in [0.15, 0.2) is 5.75 Å². The molecule has 0 aliphatic rings. The molecule has 9 nitrogen and oxygen atoms in total. The van der Waals surface area contributed by atoms with Crippen LogP contribution in [-0.4, -0.2) is 24.6 Å². The lowest BCUT2D eigenvalue weighted by atomic mass is 10.3. The number of nitro benzene ring substituents is 1. The van der Waals surface area contributed by atoms with Gasteiger partial charge in [-0.3, -0.25) is 10.1 Å². The van der Waals surface area contributed by atoms with Gasteiger partial charge in [-0.1, -0.05) is 0 Å². The minimum absolute atomic E-state index is 0.549. The molecule has 3 N–H and O–H groups in total. The maximum atomic E-state index is 11.1. The average Bonchev–Trinajstić information content (AvgIpc) is 2.15. The monoisotopic (exact) mass is 262 g/mol. The van der Waals surface area contributed by atoms with Crippen molar-refractivity contribution >= 4 is 21.9 Å². The number of nitrogens with zero attached hydrogens (tertiary/aromatic N) is 1. The molecule has 1 aromatic carbocycles. The summed E-state index contributed by atoms with van der Waals surface area (Å²) in [5.41, 5.74) is -0.549. The van der Waals surface area contributed by atoms with Crippen molar-refractivity contribution in [1.29, 1.82) is 0 Å². The molecule has 1 aromatic rings. The van der Waals surface area contributed by atoms with Gasteiger partial charge in [-0.15, -0.1) is 0 Å². The van der Waals surface area contributed by atoms with Crippen molar-refractivity contribution in [2.75, 3.05) is 0 Å². The summed E-state index contributed by atoms with van der Waals surface area (Å²) >= 11 is 0. The summed E-state index contributed by atoms with van der Waals surface area (Å²) in [6.45, 7) is 0. The molecule has 0 saturated heterocycles. The molecule has 0 aliphatic carbocycles. The zero-order valence-corrected chi connectivity index (χ0v) is 8.88. The molecule has 0 unspecified atom stereocenters. The molecule has 0 heterocycles. The predicted octanol–water partition coefficient (Wildman–Crippen LogP) is 0.299. The molecule has 17 heavy (non-hydrogen) atoms. The number of hydrogen-bond acceptors (Lipinski definition) is 6. The number of hydrogen-bond donors (Lipinski definition) is 2. The lowest BCUT2D eigenvalue weighted by Gasteiger charge is -2.05. The van der Waals surface area contributed by atoms with Crippen LogP contribution in [0.25, 0.3) is 0 Å². The Bertz CT molecular complexity index is 580. The Kier molecular flexibility index (Phi) is 3.29. The third-order valence-corrected chi connectivity index (χ3v) is 2.57. The quantitative estimate of drug-likeness (QED) is 0.344. The van der Waals surface area contributed by atoms with E-state index in [9.17, 15) is 23.3 Å². The van der Waals surface area contributed by atoms with Crippen molar-refractivity contribution < 1.29 is 28.0 Å². The molecular weight excluding hydrogens is 256 g/mol. The molecule has 0 aliphatic heterocycles. The van der Waals surface area contributed by atoms with Crippen molar-refractivity contribution in [3.05, 3.63) is 28.3 Å². The van der Waals surface area contributed by atoms with E-state index < -0.39 is 37.4 Å². The summed E-state index contributed by atoms with van der Waals surface area (Å²) in [6, 6.07) is 2.35. The van der Waals surface area contributed by atoms with E-state index in [1.807, 2.05) is 0 Å².